The van der Waals surface area contributed by atoms with E-state index in [-0.39, 0.29) is 24.9 Å². The van der Waals surface area contributed by atoms with Crippen molar-refractivity contribution in [2.24, 2.45) is 5.41 Å². The van der Waals surface area contributed by atoms with Crippen LogP contribution in [0.2, 0.25) is 0 Å². The van der Waals surface area contributed by atoms with Gasteiger partial charge in [-0.25, -0.2) is 4.39 Å². The minimum Gasteiger partial charge on any atom is -0.497 e. The van der Waals surface area contributed by atoms with Crippen LogP contribution in [0.25, 0.3) is 0 Å². The number of carbonyl (C=O) groups is 2. The van der Waals surface area contributed by atoms with Crippen molar-refractivity contribution < 1.29 is 23.8 Å². The molecular formula is C19H18FNO4. The third-order valence-corrected chi connectivity index (χ3v) is 4.58. The normalized spacial score (nSPS) is 14.6. The minimum absolute atomic E-state index is 0.0274. The van der Waals surface area contributed by atoms with Crippen LogP contribution >= 0.6 is 0 Å². The van der Waals surface area contributed by atoms with E-state index in [9.17, 15) is 19.1 Å². The summed E-state index contributed by atoms with van der Waals surface area (Å²) < 4.78 is 18.9. The number of anilines is 1. The summed E-state index contributed by atoms with van der Waals surface area (Å²) in [7, 11) is 1.44. The lowest BCUT2D eigenvalue weighted by atomic mass is 9.81. The number of ether oxygens (including phenoxy) is 1. The number of aliphatic carboxylic acids is 1. The molecule has 25 heavy (non-hydrogen) atoms. The number of hydrogen-bond acceptors (Lipinski definition) is 3. The van der Waals surface area contributed by atoms with Crippen LogP contribution < -0.4 is 10.1 Å². The molecule has 0 heterocycles. The SMILES string of the molecule is COc1ccc(F)c(NC(=O)CC2(C(=O)O)Cc3ccccc3C2)c1. The molecule has 2 aromatic rings. The zero-order valence-corrected chi connectivity index (χ0v) is 13.7. The largest absolute Gasteiger partial charge is 0.497 e. The van der Waals surface area contributed by atoms with Gasteiger partial charge in [0.25, 0.3) is 0 Å². The average Bonchev–Trinajstić information content (AvgIpc) is 2.96. The van der Waals surface area contributed by atoms with Crippen molar-refractivity contribution in [3.05, 3.63) is 59.4 Å². The number of carboxylic acid groups (broad SMARTS) is 1. The van der Waals surface area contributed by atoms with Crippen LogP contribution in [0.1, 0.15) is 17.5 Å². The van der Waals surface area contributed by atoms with Crippen LogP contribution in [0.4, 0.5) is 10.1 Å². The molecule has 6 heteroatoms. The summed E-state index contributed by atoms with van der Waals surface area (Å²) in [5, 5.41) is 12.2. The minimum atomic E-state index is -1.21. The van der Waals surface area contributed by atoms with Crippen LogP contribution in [0.3, 0.4) is 0 Å². The van der Waals surface area contributed by atoms with E-state index >= 15 is 0 Å². The van der Waals surface area contributed by atoms with Crippen molar-refractivity contribution in [3.63, 3.8) is 0 Å². The van der Waals surface area contributed by atoms with Gasteiger partial charge in [0.2, 0.25) is 5.91 Å². The summed E-state index contributed by atoms with van der Waals surface area (Å²) in [6.45, 7) is 0. The molecular weight excluding hydrogens is 325 g/mol. The van der Waals surface area contributed by atoms with Crippen molar-refractivity contribution in [2.45, 2.75) is 19.3 Å². The molecule has 0 radical (unpaired) electrons. The van der Waals surface area contributed by atoms with Gasteiger partial charge in [-0.2, -0.15) is 0 Å². The van der Waals surface area contributed by atoms with Crippen LogP contribution in [-0.2, 0) is 22.4 Å². The van der Waals surface area contributed by atoms with Gasteiger partial charge in [-0.15, -0.1) is 0 Å². The van der Waals surface area contributed by atoms with E-state index in [4.69, 9.17) is 4.74 Å². The fraction of sp³-hybridized carbons (Fsp3) is 0.263. The highest BCUT2D eigenvalue weighted by molar-refractivity contribution is 5.95. The lowest BCUT2D eigenvalue weighted by molar-refractivity contribution is -0.150. The maximum Gasteiger partial charge on any atom is 0.310 e. The Morgan fingerprint density at radius 1 is 1.20 bits per heavy atom. The molecule has 0 atom stereocenters. The van der Waals surface area contributed by atoms with Crippen LogP contribution in [0.15, 0.2) is 42.5 Å². The lowest BCUT2D eigenvalue weighted by Gasteiger charge is -2.23. The molecule has 1 aliphatic rings. The van der Waals surface area contributed by atoms with E-state index in [0.717, 1.165) is 11.1 Å². The number of methoxy groups -OCH3 is 1. The molecule has 2 aromatic carbocycles. The van der Waals surface area contributed by atoms with E-state index in [1.807, 2.05) is 24.3 Å². The zero-order valence-electron chi connectivity index (χ0n) is 13.7. The number of halogens is 1. The number of benzene rings is 2. The van der Waals surface area contributed by atoms with Gasteiger partial charge in [0.15, 0.2) is 0 Å². The fourth-order valence-electron chi connectivity index (χ4n) is 3.27. The average molecular weight is 343 g/mol. The quantitative estimate of drug-likeness (QED) is 0.875. The first-order valence-corrected chi connectivity index (χ1v) is 7.87. The highest BCUT2D eigenvalue weighted by Crippen LogP contribution is 2.40. The van der Waals surface area contributed by atoms with Crippen molar-refractivity contribution in [1.29, 1.82) is 0 Å². The summed E-state index contributed by atoms with van der Waals surface area (Å²) in [6, 6.07) is 11.4. The van der Waals surface area contributed by atoms with Gasteiger partial charge < -0.3 is 15.2 Å². The third-order valence-electron chi connectivity index (χ3n) is 4.58. The Bertz CT molecular complexity index is 809. The Kier molecular flexibility index (Phi) is 4.44. The predicted octanol–water partition coefficient (Wildman–Crippen LogP) is 3.03. The first kappa shape index (κ1) is 17.0. The molecule has 0 aromatic heterocycles. The monoisotopic (exact) mass is 343 g/mol. The van der Waals surface area contributed by atoms with E-state index in [0.29, 0.717) is 5.75 Å². The molecule has 0 fully saturated rings. The molecule has 0 saturated carbocycles. The molecule has 1 aliphatic carbocycles. The van der Waals surface area contributed by atoms with E-state index in [1.54, 1.807) is 0 Å². The Morgan fingerprint density at radius 3 is 2.40 bits per heavy atom. The second-order valence-corrected chi connectivity index (χ2v) is 6.28. The van der Waals surface area contributed by atoms with Gasteiger partial charge in [0, 0.05) is 12.5 Å². The Morgan fingerprint density at radius 2 is 1.84 bits per heavy atom. The number of amides is 1. The number of rotatable bonds is 5. The number of carbonyl (C=O) groups excluding carboxylic acids is 1. The first-order chi connectivity index (χ1) is 11.9. The highest BCUT2D eigenvalue weighted by Gasteiger charge is 2.45. The Balaban J connectivity index is 1.78. The number of nitrogens with one attached hydrogen (secondary N) is 1. The van der Waals surface area contributed by atoms with Gasteiger partial charge in [-0.1, -0.05) is 24.3 Å². The maximum absolute atomic E-state index is 13.9. The molecule has 0 spiro atoms. The Labute approximate surface area is 144 Å². The second-order valence-electron chi connectivity index (χ2n) is 6.28. The summed E-state index contributed by atoms with van der Waals surface area (Å²) in [5.41, 5.74) is 0.638. The maximum atomic E-state index is 13.9. The fourth-order valence-corrected chi connectivity index (χ4v) is 3.27. The molecule has 1 amide bonds. The van der Waals surface area contributed by atoms with Crippen molar-refractivity contribution >= 4 is 17.6 Å². The van der Waals surface area contributed by atoms with Crippen LogP contribution in [0.5, 0.6) is 5.75 Å². The molecule has 0 saturated heterocycles. The second kappa shape index (κ2) is 6.55. The van der Waals surface area contributed by atoms with Gasteiger partial charge in [0.05, 0.1) is 18.2 Å². The summed E-state index contributed by atoms with van der Waals surface area (Å²) in [6.07, 6.45) is 0.340. The molecule has 0 aliphatic heterocycles. The summed E-state index contributed by atoms with van der Waals surface area (Å²) in [4.78, 5) is 24.3. The molecule has 0 unspecified atom stereocenters. The van der Waals surface area contributed by atoms with E-state index < -0.39 is 23.1 Å². The molecule has 5 nitrogen and oxygen atoms in total. The predicted molar refractivity (Wildman–Crippen MR) is 90.1 cm³/mol. The van der Waals surface area contributed by atoms with Gasteiger partial charge >= 0.3 is 5.97 Å². The smallest absolute Gasteiger partial charge is 0.310 e. The number of hydrogen-bond donors (Lipinski definition) is 2. The summed E-state index contributed by atoms with van der Waals surface area (Å²) >= 11 is 0. The van der Waals surface area contributed by atoms with Crippen molar-refractivity contribution in [2.75, 3.05) is 12.4 Å². The molecule has 130 valence electrons. The van der Waals surface area contributed by atoms with Crippen LogP contribution in [0, 0.1) is 11.2 Å². The standard InChI is InChI=1S/C19H18FNO4/c1-25-14-6-7-15(20)16(8-14)21-17(22)11-19(18(23)24)9-12-4-2-3-5-13(12)10-19/h2-8H,9-11H2,1H3,(H,21,22)(H,23,24). The zero-order chi connectivity index (χ0) is 18.0. The highest BCUT2D eigenvalue weighted by atomic mass is 19.1. The number of fused-ring (bicyclic) bond motifs is 1. The van der Waals surface area contributed by atoms with Gasteiger partial charge in [0.1, 0.15) is 11.6 Å². The van der Waals surface area contributed by atoms with Crippen molar-refractivity contribution in [1.82, 2.24) is 0 Å². The van der Waals surface area contributed by atoms with Crippen LogP contribution in [-0.4, -0.2) is 24.1 Å². The summed E-state index contributed by atoms with van der Waals surface area (Å²) in [5.74, 6) is -1.77. The van der Waals surface area contributed by atoms with E-state index in [2.05, 4.69) is 5.32 Å². The third kappa shape index (κ3) is 3.33. The topological polar surface area (TPSA) is 75.6 Å². The lowest BCUT2D eigenvalue weighted by Crippen LogP contribution is -2.36. The Hall–Kier alpha value is -2.89. The molecule has 3 rings (SSSR count). The molecule has 2 N–H and O–H groups in total. The van der Waals surface area contributed by atoms with E-state index in [1.165, 1.54) is 25.3 Å². The van der Waals surface area contributed by atoms with Gasteiger partial charge in [-0.3, -0.25) is 9.59 Å². The number of carboxylic acids is 1. The molecule has 0 bridgehead atoms. The first-order valence-electron chi connectivity index (χ1n) is 7.87. The van der Waals surface area contributed by atoms with Gasteiger partial charge in [-0.05, 0) is 36.1 Å². The van der Waals surface area contributed by atoms with Crippen molar-refractivity contribution in [3.8, 4) is 5.75 Å².